The van der Waals surface area contributed by atoms with Gasteiger partial charge in [-0.3, -0.25) is 0 Å². The minimum atomic E-state index is -3.28. The summed E-state index contributed by atoms with van der Waals surface area (Å²) in [5.41, 5.74) is 0.518. The van der Waals surface area contributed by atoms with Gasteiger partial charge in [0.15, 0.2) is 0 Å². The Bertz CT molecular complexity index is 509. The van der Waals surface area contributed by atoms with E-state index >= 15 is 0 Å². The molecule has 0 radical (unpaired) electrons. The van der Waals surface area contributed by atoms with Gasteiger partial charge in [0.25, 0.3) is 0 Å². The highest BCUT2D eigenvalue weighted by molar-refractivity contribution is 7.95. The van der Waals surface area contributed by atoms with Crippen molar-refractivity contribution in [3.05, 3.63) is 33.8 Å². The van der Waals surface area contributed by atoms with Crippen LogP contribution in [0.5, 0.6) is 0 Å². The Labute approximate surface area is 92.8 Å². The zero-order chi connectivity index (χ0) is 10.8. The lowest BCUT2D eigenvalue weighted by Gasteiger charge is -1.94. The summed E-state index contributed by atoms with van der Waals surface area (Å²) in [5, 5.41) is 2.87. The van der Waals surface area contributed by atoms with Crippen LogP contribution in [0.25, 0.3) is 0 Å². The Balaban J connectivity index is 3.10. The maximum Gasteiger partial charge on any atom is 0.214 e. The monoisotopic (exact) mass is 248 g/mol. The van der Waals surface area contributed by atoms with E-state index < -0.39 is 9.84 Å². The van der Waals surface area contributed by atoms with Crippen LogP contribution in [0.2, 0.25) is 10.0 Å². The highest BCUT2D eigenvalue weighted by Gasteiger charge is 1.97. The highest BCUT2D eigenvalue weighted by atomic mass is 35.5. The van der Waals surface area contributed by atoms with Crippen LogP contribution in [0.4, 0.5) is 0 Å². The van der Waals surface area contributed by atoms with Crippen molar-refractivity contribution in [2.24, 2.45) is 0 Å². The van der Waals surface area contributed by atoms with Crippen molar-refractivity contribution in [3.63, 3.8) is 0 Å². The van der Waals surface area contributed by atoms with E-state index in [9.17, 15) is 8.42 Å². The molecule has 1 aromatic rings. The smallest absolute Gasteiger partial charge is 0.214 e. The van der Waals surface area contributed by atoms with Crippen LogP contribution < -0.4 is 0 Å². The van der Waals surface area contributed by atoms with Gasteiger partial charge in [-0.25, -0.2) is 8.42 Å². The van der Waals surface area contributed by atoms with E-state index in [0.717, 1.165) is 6.26 Å². The van der Waals surface area contributed by atoms with E-state index in [1.54, 1.807) is 12.1 Å². The van der Waals surface area contributed by atoms with Crippen molar-refractivity contribution < 1.29 is 8.42 Å². The molecule has 0 atom stereocenters. The predicted octanol–water partition coefficient (Wildman–Crippen LogP) is 2.35. The van der Waals surface area contributed by atoms with Crippen molar-refractivity contribution in [2.75, 3.05) is 6.26 Å². The van der Waals surface area contributed by atoms with Crippen LogP contribution >= 0.6 is 23.2 Å². The quantitative estimate of drug-likeness (QED) is 0.661. The molecule has 0 aliphatic carbocycles. The van der Waals surface area contributed by atoms with Crippen molar-refractivity contribution in [1.82, 2.24) is 0 Å². The lowest BCUT2D eigenvalue weighted by atomic mass is 10.2. The molecule has 0 aliphatic heterocycles. The lowest BCUT2D eigenvalue weighted by molar-refractivity contribution is 0.611. The summed E-state index contributed by atoms with van der Waals surface area (Å²) >= 11 is 11.4. The molecule has 74 valence electrons. The Hall–Kier alpha value is -0.690. The summed E-state index contributed by atoms with van der Waals surface area (Å²) in [6, 6.07) is 4.69. The Kier molecular flexibility index (Phi) is 3.43. The topological polar surface area (TPSA) is 34.1 Å². The molecule has 0 saturated carbocycles. The molecule has 0 saturated heterocycles. The maximum absolute atomic E-state index is 10.7. The summed E-state index contributed by atoms with van der Waals surface area (Å²) < 4.78 is 21.4. The number of benzene rings is 1. The Morgan fingerprint density at radius 1 is 1.21 bits per heavy atom. The average Bonchev–Trinajstić information content (AvgIpc) is 2.06. The summed E-state index contributed by atoms with van der Waals surface area (Å²) in [7, 11) is -3.28. The van der Waals surface area contributed by atoms with Crippen molar-refractivity contribution in [1.29, 1.82) is 0 Å². The molecule has 0 aliphatic rings. The fraction of sp³-hybridized carbons (Fsp3) is 0.111. The third kappa shape index (κ3) is 3.59. The van der Waals surface area contributed by atoms with Gasteiger partial charge in [-0.05, 0) is 24.1 Å². The standard InChI is InChI=1S/C9H6Cl2O2S/c1-14(12,13)5-4-7-2-3-8(10)9(11)6-7/h2-3,6H,1H3. The van der Waals surface area contributed by atoms with Crippen LogP contribution in [-0.2, 0) is 9.84 Å². The third-order valence-corrected chi connectivity index (χ3v) is 2.51. The molecule has 5 heteroatoms. The average molecular weight is 249 g/mol. The summed E-state index contributed by atoms with van der Waals surface area (Å²) in [6.45, 7) is 0. The molecule has 0 unspecified atom stereocenters. The number of hydrogen-bond donors (Lipinski definition) is 0. The van der Waals surface area contributed by atoms with E-state index in [1.165, 1.54) is 6.07 Å². The van der Waals surface area contributed by atoms with Gasteiger partial charge >= 0.3 is 0 Å². The zero-order valence-corrected chi connectivity index (χ0v) is 9.54. The molecule has 0 amide bonds. The van der Waals surface area contributed by atoms with E-state index in [-0.39, 0.29) is 0 Å². The second-order valence-electron chi connectivity index (χ2n) is 2.63. The number of sulfone groups is 1. The van der Waals surface area contributed by atoms with Gasteiger partial charge in [-0.1, -0.05) is 23.2 Å². The van der Waals surface area contributed by atoms with Crippen molar-refractivity contribution in [2.45, 2.75) is 0 Å². The molecular formula is C9H6Cl2O2S. The van der Waals surface area contributed by atoms with Gasteiger partial charge in [0, 0.05) is 10.8 Å². The fourth-order valence-electron chi connectivity index (χ4n) is 0.726. The molecule has 0 spiro atoms. The first-order chi connectivity index (χ1) is 6.38. The lowest BCUT2D eigenvalue weighted by Crippen LogP contribution is -1.89. The molecule has 14 heavy (non-hydrogen) atoms. The van der Waals surface area contributed by atoms with Crippen molar-refractivity contribution >= 4 is 33.0 Å². The second-order valence-corrected chi connectivity index (χ2v) is 5.19. The van der Waals surface area contributed by atoms with E-state index in [0.29, 0.717) is 15.6 Å². The zero-order valence-electron chi connectivity index (χ0n) is 7.21. The van der Waals surface area contributed by atoms with E-state index in [4.69, 9.17) is 23.2 Å². The number of rotatable bonds is 0. The molecule has 1 rings (SSSR count). The molecular weight excluding hydrogens is 243 g/mol. The van der Waals surface area contributed by atoms with E-state index in [1.807, 2.05) is 0 Å². The van der Waals surface area contributed by atoms with Crippen LogP contribution in [-0.4, -0.2) is 14.7 Å². The highest BCUT2D eigenvalue weighted by Crippen LogP contribution is 2.21. The van der Waals surface area contributed by atoms with Crippen LogP contribution in [0.1, 0.15) is 5.56 Å². The third-order valence-electron chi connectivity index (χ3n) is 1.30. The normalized spacial score (nSPS) is 10.5. The number of halogens is 2. The summed E-state index contributed by atoms with van der Waals surface area (Å²) in [6.07, 6.45) is 1.04. The molecule has 0 fully saturated rings. The minimum Gasteiger partial charge on any atom is -0.216 e. The second kappa shape index (κ2) is 4.22. The van der Waals surface area contributed by atoms with Gasteiger partial charge in [-0.2, -0.15) is 0 Å². The van der Waals surface area contributed by atoms with Gasteiger partial charge in [0.05, 0.1) is 16.3 Å². The maximum atomic E-state index is 10.7. The van der Waals surface area contributed by atoms with Crippen LogP contribution in [0.3, 0.4) is 0 Å². The van der Waals surface area contributed by atoms with Gasteiger partial charge in [-0.15, -0.1) is 0 Å². The van der Waals surface area contributed by atoms with Gasteiger partial charge in [0.1, 0.15) is 0 Å². The fourth-order valence-corrected chi connectivity index (χ4v) is 1.33. The molecule has 0 aromatic heterocycles. The first-order valence-corrected chi connectivity index (χ1v) is 6.21. The summed E-state index contributed by atoms with van der Waals surface area (Å²) in [5.74, 6) is 2.47. The molecule has 0 heterocycles. The van der Waals surface area contributed by atoms with Crippen LogP contribution in [0, 0.1) is 11.2 Å². The molecule has 2 nitrogen and oxygen atoms in total. The molecule has 0 N–H and O–H groups in total. The predicted molar refractivity (Wildman–Crippen MR) is 58.2 cm³/mol. The number of hydrogen-bond acceptors (Lipinski definition) is 2. The van der Waals surface area contributed by atoms with Gasteiger partial charge < -0.3 is 0 Å². The molecule has 1 aromatic carbocycles. The first-order valence-electron chi connectivity index (χ1n) is 3.56. The summed E-state index contributed by atoms with van der Waals surface area (Å²) in [4.78, 5) is 0. The first kappa shape index (κ1) is 11.4. The Morgan fingerprint density at radius 2 is 1.86 bits per heavy atom. The minimum absolute atomic E-state index is 0.354. The largest absolute Gasteiger partial charge is 0.216 e. The SMILES string of the molecule is CS(=O)(=O)C#Cc1ccc(Cl)c(Cl)c1. The Morgan fingerprint density at radius 3 is 2.36 bits per heavy atom. The van der Waals surface area contributed by atoms with E-state index in [2.05, 4.69) is 11.2 Å². The van der Waals surface area contributed by atoms with Crippen molar-refractivity contribution in [3.8, 4) is 11.2 Å². The molecule has 0 bridgehead atoms. The van der Waals surface area contributed by atoms with Gasteiger partial charge in [0.2, 0.25) is 9.84 Å². The van der Waals surface area contributed by atoms with Crippen LogP contribution in [0.15, 0.2) is 18.2 Å².